The minimum atomic E-state index is -0.689. The average molecular weight is 504 g/mol. The van der Waals surface area contributed by atoms with Gasteiger partial charge in [0.1, 0.15) is 17.5 Å². The number of amides is 3. The molecule has 1 heterocycles. The van der Waals surface area contributed by atoms with Crippen LogP contribution in [0, 0.1) is 17.3 Å². The maximum absolute atomic E-state index is 13.5. The highest BCUT2D eigenvalue weighted by Gasteiger charge is 2.35. The summed E-state index contributed by atoms with van der Waals surface area (Å²) in [5, 5.41) is 2.91. The van der Waals surface area contributed by atoms with Crippen molar-refractivity contribution in [2.24, 2.45) is 17.3 Å². The lowest BCUT2D eigenvalue weighted by Gasteiger charge is -2.42. The van der Waals surface area contributed by atoms with Gasteiger partial charge in [-0.15, -0.1) is 0 Å². The van der Waals surface area contributed by atoms with Crippen LogP contribution in [0.1, 0.15) is 71.7 Å². The number of carbonyl (C=O) groups excluding carboxylic acids is 3. The van der Waals surface area contributed by atoms with Crippen molar-refractivity contribution in [3.05, 3.63) is 23.8 Å². The van der Waals surface area contributed by atoms with Gasteiger partial charge in [-0.2, -0.15) is 0 Å². The van der Waals surface area contributed by atoms with Crippen LogP contribution in [0.4, 0.5) is 0 Å². The molecule has 1 aliphatic heterocycles. The molecule has 0 aliphatic carbocycles. The van der Waals surface area contributed by atoms with Gasteiger partial charge in [0.15, 0.2) is 0 Å². The van der Waals surface area contributed by atoms with Crippen LogP contribution in [-0.4, -0.2) is 73.5 Å². The molecule has 1 aromatic rings. The van der Waals surface area contributed by atoms with Gasteiger partial charge < -0.3 is 24.6 Å². The molecule has 0 aromatic heterocycles. The van der Waals surface area contributed by atoms with E-state index in [0.29, 0.717) is 49.0 Å². The average Bonchev–Trinajstić information content (AvgIpc) is 2.79. The molecule has 3 atom stereocenters. The molecule has 36 heavy (non-hydrogen) atoms. The van der Waals surface area contributed by atoms with Gasteiger partial charge in [0.2, 0.25) is 11.8 Å². The Morgan fingerprint density at radius 1 is 1.08 bits per heavy atom. The monoisotopic (exact) mass is 503 g/mol. The highest BCUT2D eigenvalue weighted by Crippen LogP contribution is 2.27. The molecule has 1 saturated heterocycles. The summed E-state index contributed by atoms with van der Waals surface area (Å²) in [6, 6.07) is 4.18. The molecular formula is C28H45N3O5. The lowest BCUT2D eigenvalue weighted by Crippen LogP contribution is -2.60. The van der Waals surface area contributed by atoms with Crippen LogP contribution in [0.2, 0.25) is 0 Å². The molecular weight excluding hydrogens is 458 g/mol. The summed E-state index contributed by atoms with van der Waals surface area (Å²) >= 11 is 0. The van der Waals surface area contributed by atoms with Crippen molar-refractivity contribution in [2.75, 3.05) is 33.9 Å². The van der Waals surface area contributed by atoms with Crippen LogP contribution in [-0.2, 0) is 9.59 Å². The van der Waals surface area contributed by atoms with E-state index in [4.69, 9.17) is 9.47 Å². The molecule has 1 aliphatic rings. The van der Waals surface area contributed by atoms with E-state index in [1.54, 1.807) is 30.2 Å². The second kappa shape index (κ2) is 12.5. The van der Waals surface area contributed by atoms with Crippen LogP contribution in [0.5, 0.6) is 11.5 Å². The SMILES string of the molecule is COc1ccc(C(=O)N[C@H](C(=O)N2CCN(C(=O)C[C@@H](C)CC(C)(C)C)[C@@H](C)C2)C(C)C)c(OC)c1. The summed E-state index contributed by atoms with van der Waals surface area (Å²) in [4.78, 5) is 43.2. The number of piperazine rings is 1. The summed E-state index contributed by atoms with van der Waals surface area (Å²) in [5.74, 6) is 0.782. The number of hydrogen-bond donors (Lipinski definition) is 1. The van der Waals surface area contributed by atoms with E-state index in [1.165, 1.54) is 7.11 Å². The first-order valence-electron chi connectivity index (χ1n) is 12.9. The van der Waals surface area contributed by atoms with Gasteiger partial charge in [-0.05, 0) is 42.7 Å². The summed E-state index contributed by atoms with van der Waals surface area (Å²) < 4.78 is 10.6. The lowest BCUT2D eigenvalue weighted by atomic mass is 9.84. The summed E-state index contributed by atoms with van der Waals surface area (Å²) in [7, 11) is 3.03. The summed E-state index contributed by atoms with van der Waals surface area (Å²) in [6.45, 7) is 15.9. The topological polar surface area (TPSA) is 88.2 Å². The van der Waals surface area contributed by atoms with Gasteiger partial charge in [0.25, 0.3) is 5.91 Å². The van der Waals surface area contributed by atoms with E-state index < -0.39 is 6.04 Å². The molecule has 202 valence electrons. The molecule has 0 radical (unpaired) electrons. The third-order valence-corrected chi connectivity index (χ3v) is 6.62. The minimum absolute atomic E-state index is 0.0813. The Hall–Kier alpha value is -2.77. The van der Waals surface area contributed by atoms with Gasteiger partial charge in [-0.3, -0.25) is 14.4 Å². The molecule has 1 fully saturated rings. The van der Waals surface area contributed by atoms with Crippen LogP contribution in [0.15, 0.2) is 18.2 Å². The van der Waals surface area contributed by atoms with Crippen molar-refractivity contribution in [2.45, 2.75) is 73.4 Å². The van der Waals surface area contributed by atoms with Crippen molar-refractivity contribution < 1.29 is 23.9 Å². The molecule has 0 spiro atoms. The Balaban J connectivity index is 2.05. The third-order valence-electron chi connectivity index (χ3n) is 6.62. The van der Waals surface area contributed by atoms with E-state index >= 15 is 0 Å². The molecule has 2 rings (SSSR count). The summed E-state index contributed by atoms with van der Waals surface area (Å²) in [5.41, 5.74) is 0.521. The first-order valence-corrected chi connectivity index (χ1v) is 12.9. The highest BCUT2D eigenvalue weighted by atomic mass is 16.5. The molecule has 8 nitrogen and oxygen atoms in total. The molecule has 1 N–H and O–H groups in total. The normalized spacial score (nSPS) is 18.0. The maximum atomic E-state index is 13.5. The third kappa shape index (κ3) is 7.87. The van der Waals surface area contributed by atoms with E-state index in [2.05, 4.69) is 33.0 Å². The smallest absolute Gasteiger partial charge is 0.255 e. The molecule has 0 unspecified atom stereocenters. The van der Waals surface area contributed by atoms with Crippen LogP contribution < -0.4 is 14.8 Å². The predicted molar refractivity (Wildman–Crippen MR) is 141 cm³/mol. The van der Waals surface area contributed by atoms with Gasteiger partial charge in [-0.25, -0.2) is 0 Å². The Morgan fingerprint density at radius 3 is 2.28 bits per heavy atom. The minimum Gasteiger partial charge on any atom is -0.497 e. The Labute approximate surface area is 216 Å². The molecule has 8 heteroatoms. The van der Waals surface area contributed by atoms with E-state index in [-0.39, 0.29) is 35.1 Å². The van der Waals surface area contributed by atoms with Gasteiger partial charge >= 0.3 is 0 Å². The number of hydrogen-bond acceptors (Lipinski definition) is 5. The van der Waals surface area contributed by atoms with Crippen molar-refractivity contribution in [1.29, 1.82) is 0 Å². The number of methoxy groups -OCH3 is 2. The van der Waals surface area contributed by atoms with E-state index in [9.17, 15) is 14.4 Å². The Morgan fingerprint density at radius 2 is 1.75 bits per heavy atom. The number of carbonyl (C=O) groups is 3. The van der Waals surface area contributed by atoms with Crippen molar-refractivity contribution in [3.63, 3.8) is 0 Å². The largest absolute Gasteiger partial charge is 0.497 e. The second-order valence-corrected chi connectivity index (χ2v) is 11.6. The standard InChI is InChI=1S/C28H45N3O5/c1-18(2)25(29-26(33)22-11-10-21(35-8)15-23(22)36-9)27(34)30-12-13-31(20(4)17-30)24(32)14-19(3)16-28(5,6)7/h10-11,15,18-20,25H,12-14,16-17H2,1-9H3,(H,29,33)/t19-,20+,25+/m1/s1. The lowest BCUT2D eigenvalue weighted by molar-refractivity contribution is -0.144. The molecule has 0 saturated carbocycles. The quantitative estimate of drug-likeness (QED) is 0.551. The molecule has 3 amide bonds. The number of ether oxygens (including phenoxy) is 2. The fraction of sp³-hybridized carbons (Fsp3) is 0.679. The van der Waals surface area contributed by atoms with E-state index in [0.717, 1.165) is 6.42 Å². The molecule has 1 aromatic carbocycles. The van der Waals surface area contributed by atoms with E-state index in [1.807, 2.05) is 25.7 Å². The van der Waals surface area contributed by atoms with Crippen LogP contribution >= 0.6 is 0 Å². The molecule has 0 bridgehead atoms. The highest BCUT2D eigenvalue weighted by molar-refractivity contribution is 6.00. The van der Waals surface area contributed by atoms with Crippen molar-refractivity contribution in [1.82, 2.24) is 15.1 Å². The Bertz CT molecular complexity index is 924. The van der Waals surface area contributed by atoms with Crippen molar-refractivity contribution in [3.8, 4) is 11.5 Å². The van der Waals surface area contributed by atoms with Crippen LogP contribution in [0.3, 0.4) is 0 Å². The summed E-state index contributed by atoms with van der Waals surface area (Å²) in [6.07, 6.45) is 1.50. The van der Waals surface area contributed by atoms with Gasteiger partial charge in [0.05, 0.1) is 19.8 Å². The number of rotatable bonds is 9. The van der Waals surface area contributed by atoms with Gasteiger partial charge in [-0.1, -0.05) is 41.5 Å². The van der Waals surface area contributed by atoms with Crippen molar-refractivity contribution >= 4 is 17.7 Å². The zero-order valence-corrected chi connectivity index (χ0v) is 23.5. The zero-order chi connectivity index (χ0) is 27.2. The Kier molecular flexibility index (Phi) is 10.2. The number of nitrogens with one attached hydrogen (secondary N) is 1. The number of nitrogens with zero attached hydrogens (tertiary/aromatic N) is 2. The second-order valence-electron chi connectivity index (χ2n) is 11.6. The number of benzene rings is 1. The van der Waals surface area contributed by atoms with Gasteiger partial charge in [0, 0.05) is 38.2 Å². The zero-order valence-electron chi connectivity index (χ0n) is 23.5. The fourth-order valence-corrected chi connectivity index (χ4v) is 4.98. The maximum Gasteiger partial charge on any atom is 0.255 e. The van der Waals surface area contributed by atoms with Crippen LogP contribution in [0.25, 0.3) is 0 Å². The predicted octanol–water partition coefficient (Wildman–Crippen LogP) is 3.98. The first-order chi connectivity index (χ1) is 16.8. The first kappa shape index (κ1) is 29.5. The fourth-order valence-electron chi connectivity index (χ4n) is 4.98.